The minimum Gasteiger partial charge on any atom is -0.466 e. The normalized spacial score (nSPS) is 11.6. The molecular weight excluding hydrogens is 709 g/mol. The Morgan fingerprint density at radius 3 is 1.47 bits per heavy atom. The average Bonchev–Trinajstić information content (AvgIpc) is 3.21. The summed E-state index contributed by atoms with van der Waals surface area (Å²) in [6.07, 6.45) is 40.9. The fourth-order valence-corrected chi connectivity index (χ4v) is 7.52. The first-order chi connectivity index (χ1) is 28.0. The van der Waals surface area contributed by atoms with Crippen LogP contribution in [0.1, 0.15) is 239 Å². The van der Waals surface area contributed by atoms with Gasteiger partial charge in [0, 0.05) is 26.4 Å². The van der Waals surface area contributed by atoms with Crippen LogP contribution >= 0.6 is 0 Å². The molecule has 0 heterocycles. The molecule has 0 atom stereocenters. The van der Waals surface area contributed by atoms with Gasteiger partial charge in [0.15, 0.2) is 6.20 Å². The molecule has 57 heavy (non-hydrogen) atoms. The van der Waals surface area contributed by atoms with Crippen molar-refractivity contribution >= 4 is 11.9 Å². The number of hydrogen-bond donors (Lipinski definition) is 2. The highest BCUT2D eigenvalue weighted by Gasteiger charge is 2.14. The summed E-state index contributed by atoms with van der Waals surface area (Å²) < 4.78 is 11.5. The number of nitrogens with zero attached hydrogens (tertiary/aromatic N) is 2. The van der Waals surface area contributed by atoms with Crippen LogP contribution in [0.2, 0.25) is 0 Å². The summed E-state index contributed by atoms with van der Waals surface area (Å²) >= 11 is 0. The summed E-state index contributed by atoms with van der Waals surface area (Å²) in [5, 5.41) is 6.39. The van der Waals surface area contributed by atoms with Crippen LogP contribution in [0.25, 0.3) is 4.85 Å². The number of esters is 2. The minimum absolute atomic E-state index is 0.0168. The van der Waals surface area contributed by atoms with Crippen molar-refractivity contribution in [2.75, 3.05) is 39.8 Å². The lowest BCUT2D eigenvalue weighted by Gasteiger charge is -2.23. The predicted octanol–water partition coefficient (Wildman–Crippen LogP) is 13.6. The van der Waals surface area contributed by atoms with E-state index in [0.717, 1.165) is 103 Å². The molecule has 0 aromatic rings. The van der Waals surface area contributed by atoms with Gasteiger partial charge in [-0.2, -0.15) is 0 Å². The lowest BCUT2D eigenvalue weighted by molar-refractivity contribution is -0.150. The maximum absolute atomic E-state index is 12.8. The van der Waals surface area contributed by atoms with E-state index in [-0.39, 0.29) is 18.0 Å². The molecule has 0 aromatic heterocycles. The molecule has 0 rings (SSSR count). The summed E-state index contributed by atoms with van der Waals surface area (Å²) in [6, 6.07) is 0. The van der Waals surface area contributed by atoms with Gasteiger partial charge in [0.1, 0.15) is 6.10 Å². The average molecular weight is 803 g/mol. The molecule has 0 saturated carbocycles. The first-order valence-corrected chi connectivity index (χ1v) is 24.6. The summed E-state index contributed by atoms with van der Waals surface area (Å²) in [6.45, 7) is 18.5. The van der Waals surface area contributed by atoms with Crippen molar-refractivity contribution in [3.05, 3.63) is 23.4 Å². The molecule has 2 N–H and O–H groups in total. The fourth-order valence-electron chi connectivity index (χ4n) is 7.52. The Morgan fingerprint density at radius 1 is 0.561 bits per heavy atom. The maximum atomic E-state index is 12.8. The molecule has 0 fully saturated rings. The molecule has 0 aromatic carbocycles. The molecule has 0 saturated heterocycles. The van der Waals surface area contributed by atoms with Crippen molar-refractivity contribution in [3.63, 3.8) is 0 Å². The first-order valence-electron chi connectivity index (χ1n) is 24.6. The van der Waals surface area contributed by atoms with Crippen LogP contribution in [0.15, 0.2) is 12.0 Å². The highest BCUT2D eigenvalue weighted by atomic mass is 16.5. The quantitative estimate of drug-likeness (QED) is 0.0360. The van der Waals surface area contributed by atoms with Crippen LogP contribution in [0.3, 0.4) is 0 Å². The third-order valence-corrected chi connectivity index (χ3v) is 11.2. The Balaban J connectivity index is 4.42. The van der Waals surface area contributed by atoms with Crippen molar-refractivity contribution in [1.29, 1.82) is 0 Å². The molecule has 0 spiro atoms. The van der Waals surface area contributed by atoms with Crippen LogP contribution in [-0.2, 0) is 19.1 Å². The molecule has 0 aliphatic carbocycles. The molecule has 0 bridgehead atoms. The summed E-state index contributed by atoms with van der Waals surface area (Å²) in [5.74, 6) is 0.760. The number of carbonyl (C=O) groups is 2. The third kappa shape index (κ3) is 40.3. The van der Waals surface area contributed by atoms with E-state index in [2.05, 4.69) is 41.1 Å². The highest BCUT2D eigenvalue weighted by Crippen LogP contribution is 2.19. The van der Waals surface area contributed by atoms with Gasteiger partial charge in [0.25, 0.3) is 0 Å². The topological polar surface area (TPSA) is 84.3 Å². The highest BCUT2D eigenvalue weighted by molar-refractivity contribution is 5.69. The standard InChI is InChI=1S/C49H94N4O4/c1-6-9-12-15-18-27-34-44-56-48(54)38-30-23-19-25-32-41-53(43-35-40-52-47(51-5)45-50-4)42-33-26-20-24-31-39-49(55)57-46(36-28-21-16-13-10-7-2)37-29-22-17-14-11-8-3/h45-46,51-52H,6-44H2,1-3,5H3/b47-45+. The van der Waals surface area contributed by atoms with Crippen LogP contribution in [0.4, 0.5) is 0 Å². The number of carbonyl (C=O) groups excluding carboxylic acids is 2. The second-order valence-corrected chi connectivity index (χ2v) is 16.6. The van der Waals surface area contributed by atoms with E-state index in [9.17, 15) is 9.59 Å². The monoisotopic (exact) mass is 803 g/mol. The summed E-state index contributed by atoms with van der Waals surface area (Å²) in [5.41, 5.74) is 0. The van der Waals surface area contributed by atoms with Crippen LogP contribution in [-0.4, -0.2) is 62.8 Å². The van der Waals surface area contributed by atoms with E-state index in [0.29, 0.717) is 19.4 Å². The van der Waals surface area contributed by atoms with E-state index in [1.807, 2.05) is 7.05 Å². The zero-order valence-corrected chi connectivity index (χ0v) is 38.3. The molecule has 0 radical (unpaired) electrons. The largest absolute Gasteiger partial charge is 0.466 e. The number of hydrogen-bond acceptors (Lipinski definition) is 7. The Bertz CT molecular complexity index is 936. The Morgan fingerprint density at radius 2 is 0.982 bits per heavy atom. The van der Waals surface area contributed by atoms with E-state index in [1.54, 1.807) is 0 Å². The van der Waals surface area contributed by atoms with Gasteiger partial charge in [-0.25, -0.2) is 4.85 Å². The molecule has 0 aliphatic heterocycles. The van der Waals surface area contributed by atoms with Gasteiger partial charge in [-0.05, 0) is 83.8 Å². The van der Waals surface area contributed by atoms with E-state index < -0.39 is 0 Å². The van der Waals surface area contributed by atoms with Crippen LogP contribution < -0.4 is 10.6 Å². The Hall–Kier alpha value is -2.27. The second-order valence-electron chi connectivity index (χ2n) is 16.6. The first kappa shape index (κ1) is 54.7. The number of ether oxygens (including phenoxy) is 2. The van der Waals surface area contributed by atoms with Crippen molar-refractivity contribution < 1.29 is 19.1 Å². The molecule has 0 amide bonds. The smallest absolute Gasteiger partial charge is 0.306 e. The van der Waals surface area contributed by atoms with Crippen LogP contribution in [0.5, 0.6) is 0 Å². The third-order valence-electron chi connectivity index (χ3n) is 11.2. The SMILES string of the molecule is [C-]#[N+]/C=C(\NC)NCCCN(CCCCCCCC(=O)OCCCCCCCCC)CCCCCCCC(=O)OC(CCCCCCCC)CCCCCCCC. The Kier molecular flexibility index (Phi) is 43.0. The Labute approximate surface area is 354 Å². The van der Waals surface area contributed by atoms with E-state index >= 15 is 0 Å². The number of unbranched alkanes of at least 4 members (excludes halogenated alkanes) is 24. The van der Waals surface area contributed by atoms with Gasteiger partial charge >= 0.3 is 11.9 Å². The van der Waals surface area contributed by atoms with Gasteiger partial charge in [-0.3, -0.25) is 9.59 Å². The maximum Gasteiger partial charge on any atom is 0.306 e. The van der Waals surface area contributed by atoms with Crippen LogP contribution in [0, 0.1) is 6.57 Å². The van der Waals surface area contributed by atoms with Gasteiger partial charge in [0.2, 0.25) is 0 Å². The lowest BCUT2D eigenvalue weighted by atomic mass is 10.0. The summed E-state index contributed by atoms with van der Waals surface area (Å²) in [4.78, 5) is 30.9. The van der Waals surface area contributed by atoms with Crippen molar-refractivity contribution in [3.8, 4) is 0 Å². The molecule has 0 aliphatic rings. The lowest BCUT2D eigenvalue weighted by Crippen LogP contribution is -2.31. The molecule has 334 valence electrons. The van der Waals surface area contributed by atoms with Gasteiger partial charge in [0.05, 0.1) is 19.0 Å². The molecular formula is C49H94N4O4. The molecule has 8 nitrogen and oxygen atoms in total. The van der Waals surface area contributed by atoms with Crippen molar-refractivity contribution in [2.45, 2.75) is 245 Å². The van der Waals surface area contributed by atoms with Crippen molar-refractivity contribution in [1.82, 2.24) is 15.5 Å². The fraction of sp³-hybridized carbons (Fsp3) is 0.898. The zero-order valence-electron chi connectivity index (χ0n) is 38.3. The van der Waals surface area contributed by atoms with Crippen molar-refractivity contribution in [2.24, 2.45) is 0 Å². The van der Waals surface area contributed by atoms with E-state index in [1.165, 1.54) is 141 Å². The summed E-state index contributed by atoms with van der Waals surface area (Å²) in [7, 11) is 1.84. The van der Waals surface area contributed by atoms with E-state index in [4.69, 9.17) is 16.0 Å². The minimum atomic E-state index is -0.0281. The number of nitrogens with one attached hydrogen (secondary N) is 2. The van der Waals surface area contributed by atoms with Gasteiger partial charge in [-0.1, -0.05) is 162 Å². The van der Waals surface area contributed by atoms with Gasteiger partial charge < -0.3 is 25.0 Å². The second kappa shape index (κ2) is 44.8. The zero-order chi connectivity index (χ0) is 41.7. The molecule has 8 heteroatoms. The number of rotatable bonds is 45. The molecule has 0 unspecified atom stereocenters. The van der Waals surface area contributed by atoms with Gasteiger partial charge in [-0.15, -0.1) is 0 Å². The predicted molar refractivity (Wildman–Crippen MR) is 243 cm³/mol.